The fourth-order valence-corrected chi connectivity index (χ4v) is 3.17. The number of benzene rings is 1. The minimum atomic E-state index is -0.192. The van der Waals surface area contributed by atoms with Gasteiger partial charge in [0.05, 0.1) is 18.3 Å². The van der Waals surface area contributed by atoms with Crippen LogP contribution in [0.1, 0.15) is 24.3 Å². The standard InChI is InChI=1S/C17H22N4O2/c1-17(2)12-20(16(22)13-8-9-18-19-13)10-11-21(17)14-6-4-5-7-15(14)23-3/h4-9H,10-12H2,1-3H3,(H,18,19). The molecule has 1 aromatic heterocycles. The second-order valence-electron chi connectivity index (χ2n) is 6.33. The zero-order chi connectivity index (χ0) is 16.4. The summed E-state index contributed by atoms with van der Waals surface area (Å²) < 4.78 is 5.49. The van der Waals surface area contributed by atoms with Gasteiger partial charge < -0.3 is 14.5 Å². The van der Waals surface area contributed by atoms with Gasteiger partial charge in [0.15, 0.2) is 0 Å². The van der Waals surface area contributed by atoms with Gasteiger partial charge in [0.25, 0.3) is 5.91 Å². The summed E-state index contributed by atoms with van der Waals surface area (Å²) in [5.74, 6) is 0.851. The van der Waals surface area contributed by atoms with E-state index in [-0.39, 0.29) is 11.4 Å². The number of amides is 1. The number of piperazine rings is 1. The fourth-order valence-electron chi connectivity index (χ4n) is 3.17. The van der Waals surface area contributed by atoms with Crippen LogP contribution in [-0.2, 0) is 0 Å². The number of H-pyrrole nitrogens is 1. The van der Waals surface area contributed by atoms with E-state index >= 15 is 0 Å². The molecular weight excluding hydrogens is 292 g/mol. The molecule has 1 aromatic carbocycles. The van der Waals surface area contributed by atoms with Gasteiger partial charge in [-0.25, -0.2) is 0 Å². The lowest BCUT2D eigenvalue weighted by Gasteiger charge is -2.48. The Balaban J connectivity index is 1.82. The molecule has 0 unspecified atom stereocenters. The van der Waals surface area contributed by atoms with E-state index in [0.29, 0.717) is 18.8 Å². The van der Waals surface area contributed by atoms with Crippen molar-refractivity contribution < 1.29 is 9.53 Å². The number of aromatic amines is 1. The van der Waals surface area contributed by atoms with Gasteiger partial charge in [-0.1, -0.05) is 12.1 Å². The normalized spacial score (nSPS) is 17.2. The van der Waals surface area contributed by atoms with Crippen molar-refractivity contribution in [2.45, 2.75) is 19.4 Å². The summed E-state index contributed by atoms with van der Waals surface area (Å²) in [6.07, 6.45) is 1.60. The van der Waals surface area contributed by atoms with Crippen LogP contribution in [0.5, 0.6) is 5.75 Å². The molecule has 1 fully saturated rings. The number of nitrogens with one attached hydrogen (secondary N) is 1. The highest BCUT2D eigenvalue weighted by Gasteiger charge is 2.37. The molecule has 6 heteroatoms. The monoisotopic (exact) mass is 314 g/mol. The molecule has 0 aliphatic carbocycles. The van der Waals surface area contributed by atoms with Crippen LogP contribution >= 0.6 is 0 Å². The van der Waals surface area contributed by atoms with Crippen LogP contribution < -0.4 is 9.64 Å². The Morgan fingerprint density at radius 3 is 2.70 bits per heavy atom. The number of aromatic nitrogens is 2. The zero-order valence-electron chi connectivity index (χ0n) is 13.7. The van der Waals surface area contributed by atoms with E-state index in [0.717, 1.165) is 18.0 Å². The summed E-state index contributed by atoms with van der Waals surface area (Å²) >= 11 is 0. The predicted octanol–water partition coefficient (Wildman–Crippen LogP) is 2.16. The van der Waals surface area contributed by atoms with Crippen molar-refractivity contribution in [3.8, 4) is 5.75 Å². The number of para-hydroxylation sites is 2. The quantitative estimate of drug-likeness (QED) is 0.943. The molecule has 0 spiro atoms. The zero-order valence-corrected chi connectivity index (χ0v) is 13.7. The summed E-state index contributed by atoms with van der Waals surface area (Å²) in [7, 11) is 1.68. The summed E-state index contributed by atoms with van der Waals surface area (Å²) in [6, 6.07) is 9.71. The van der Waals surface area contributed by atoms with E-state index < -0.39 is 0 Å². The highest BCUT2D eigenvalue weighted by molar-refractivity contribution is 5.92. The molecule has 0 radical (unpaired) electrons. The number of carbonyl (C=O) groups is 1. The van der Waals surface area contributed by atoms with E-state index in [1.165, 1.54) is 0 Å². The van der Waals surface area contributed by atoms with Gasteiger partial charge >= 0.3 is 0 Å². The Morgan fingerprint density at radius 2 is 2.04 bits per heavy atom. The fraction of sp³-hybridized carbons (Fsp3) is 0.412. The third-order valence-electron chi connectivity index (χ3n) is 4.30. The molecule has 1 aliphatic rings. The van der Waals surface area contributed by atoms with E-state index in [1.807, 2.05) is 23.1 Å². The number of nitrogens with zero attached hydrogens (tertiary/aromatic N) is 3. The van der Waals surface area contributed by atoms with Crippen molar-refractivity contribution in [1.29, 1.82) is 0 Å². The number of anilines is 1. The van der Waals surface area contributed by atoms with Crippen LogP contribution in [0, 0.1) is 0 Å². The van der Waals surface area contributed by atoms with Gasteiger partial charge in [-0.15, -0.1) is 0 Å². The van der Waals surface area contributed by atoms with Crippen LogP contribution in [0.2, 0.25) is 0 Å². The number of hydrogen-bond donors (Lipinski definition) is 1. The van der Waals surface area contributed by atoms with Gasteiger partial charge in [-0.05, 0) is 32.0 Å². The Kier molecular flexibility index (Phi) is 3.98. The summed E-state index contributed by atoms with van der Waals surface area (Å²) in [5, 5.41) is 6.61. The number of ether oxygens (including phenoxy) is 1. The van der Waals surface area contributed by atoms with Crippen molar-refractivity contribution in [2.24, 2.45) is 0 Å². The van der Waals surface area contributed by atoms with E-state index in [1.54, 1.807) is 19.4 Å². The van der Waals surface area contributed by atoms with Crippen LogP contribution in [0.4, 0.5) is 5.69 Å². The van der Waals surface area contributed by atoms with E-state index in [9.17, 15) is 4.79 Å². The average molecular weight is 314 g/mol. The largest absolute Gasteiger partial charge is 0.495 e. The first kappa shape index (κ1) is 15.4. The predicted molar refractivity (Wildman–Crippen MR) is 88.9 cm³/mol. The maximum absolute atomic E-state index is 12.5. The van der Waals surface area contributed by atoms with E-state index in [2.05, 4.69) is 35.0 Å². The van der Waals surface area contributed by atoms with Crippen molar-refractivity contribution in [3.05, 3.63) is 42.2 Å². The second kappa shape index (κ2) is 5.95. The molecule has 6 nitrogen and oxygen atoms in total. The lowest BCUT2D eigenvalue weighted by molar-refractivity contribution is 0.0680. The molecule has 0 saturated carbocycles. The van der Waals surface area contributed by atoms with E-state index in [4.69, 9.17) is 4.74 Å². The molecule has 23 heavy (non-hydrogen) atoms. The van der Waals surface area contributed by atoms with Crippen LogP contribution in [0.25, 0.3) is 0 Å². The summed E-state index contributed by atoms with van der Waals surface area (Å²) in [4.78, 5) is 16.7. The average Bonchev–Trinajstić information content (AvgIpc) is 3.07. The third-order valence-corrected chi connectivity index (χ3v) is 4.30. The Hall–Kier alpha value is -2.50. The molecule has 0 atom stereocenters. The molecular formula is C17H22N4O2. The lowest BCUT2D eigenvalue weighted by atomic mass is 9.97. The molecule has 2 aromatic rings. The maximum atomic E-state index is 12.5. The van der Waals surface area contributed by atoms with Crippen molar-refractivity contribution >= 4 is 11.6 Å². The van der Waals surface area contributed by atoms with Crippen molar-refractivity contribution in [3.63, 3.8) is 0 Å². The Morgan fingerprint density at radius 1 is 1.26 bits per heavy atom. The van der Waals surface area contributed by atoms with Gasteiger partial charge in [-0.2, -0.15) is 5.10 Å². The number of methoxy groups -OCH3 is 1. The number of hydrogen-bond acceptors (Lipinski definition) is 4. The SMILES string of the molecule is COc1ccccc1N1CCN(C(=O)c2ccn[nH]2)CC1(C)C. The molecule has 3 rings (SSSR count). The molecule has 1 N–H and O–H groups in total. The smallest absolute Gasteiger partial charge is 0.272 e. The third kappa shape index (κ3) is 2.88. The van der Waals surface area contributed by atoms with Crippen LogP contribution in [0.3, 0.4) is 0 Å². The molecule has 1 aliphatic heterocycles. The molecule has 1 saturated heterocycles. The molecule has 0 bridgehead atoms. The maximum Gasteiger partial charge on any atom is 0.272 e. The van der Waals surface area contributed by atoms with Crippen molar-refractivity contribution in [2.75, 3.05) is 31.6 Å². The minimum absolute atomic E-state index is 0.00440. The Labute approximate surface area is 136 Å². The first-order valence-corrected chi connectivity index (χ1v) is 7.72. The first-order chi connectivity index (χ1) is 11.0. The highest BCUT2D eigenvalue weighted by Crippen LogP contribution is 2.35. The topological polar surface area (TPSA) is 61.5 Å². The second-order valence-corrected chi connectivity index (χ2v) is 6.33. The highest BCUT2D eigenvalue weighted by atomic mass is 16.5. The summed E-state index contributed by atoms with van der Waals surface area (Å²) in [5.41, 5.74) is 1.41. The van der Waals surface area contributed by atoms with Gasteiger partial charge in [0.1, 0.15) is 11.4 Å². The first-order valence-electron chi connectivity index (χ1n) is 7.72. The Bertz CT molecular complexity index is 682. The molecule has 1 amide bonds. The van der Waals surface area contributed by atoms with Crippen LogP contribution in [-0.4, -0.2) is 53.3 Å². The van der Waals surface area contributed by atoms with Gasteiger partial charge in [0.2, 0.25) is 0 Å². The van der Waals surface area contributed by atoms with Gasteiger partial charge in [0, 0.05) is 25.8 Å². The number of carbonyl (C=O) groups excluding carboxylic acids is 1. The molecule has 2 heterocycles. The number of rotatable bonds is 3. The van der Waals surface area contributed by atoms with Crippen LogP contribution in [0.15, 0.2) is 36.5 Å². The van der Waals surface area contributed by atoms with Gasteiger partial charge in [-0.3, -0.25) is 9.89 Å². The summed E-state index contributed by atoms with van der Waals surface area (Å²) in [6.45, 7) is 6.35. The molecule has 122 valence electrons. The lowest BCUT2D eigenvalue weighted by Crippen LogP contribution is -2.60. The van der Waals surface area contributed by atoms with Crippen molar-refractivity contribution in [1.82, 2.24) is 15.1 Å². The minimum Gasteiger partial charge on any atom is -0.495 e.